The number of sulfonamides is 1. The molecule has 6 rings (SSSR count). The number of urea groups is 1. The first-order chi connectivity index (χ1) is 22.0. The number of hydrogen-bond donors (Lipinski definition) is 2. The fourth-order valence-electron chi connectivity index (χ4n) is 6.05. The van der Waals surface area contributed by atoms with Crippen molar-refractivity contribution in [1.82, 2.24) is 19.2 Å². The summed E-state index contributed by atoms with van der Waals surface area (Å²) in [5.41, 5.74) is 1.79. The topological polar surface area (TPSA) is 162 Å². The number of rotatable bonds is 9. The van der Waals surface area contributed by atoms with Crippen LogP contribution in [0.2, 0.25) is 0 Å². The number of benzene rings is 2. The van der Waals surface area contributed by atoms with Crippen molar-refractivity contribution in [1.29, 1.82) is 0 Å². The molecule has 1 saturated heterocycles. The summed E-state index contributed by atoms with van der Waals surface area (Å²) in [4.78, 5) is 50.2. The van der Waals surface area contributed by atoms with Gasteiger partial charge in [-0.15, -0.1) is 0 Å². The van der Waals surface area contributed by atoms with Gasteiger partial charge in [0, 0.05) is 56.8 Å². The van der Waals surface area contributed by atoms with E-state index >= 15 is 0 Å². The number of aromatic nitrogens is 2. The fraction of sp³-hybridized carbons (Fsp3) is 0.323. The number of carbonyl (C=O) groups is 3. The van der Waals surface area contributed by atoms with Crippen LogP contribution in [0.4, 0.5) is 15.6 Å². The summed E-state index contributed by atoms with van der Waals surface area (Å²) < 4.78 is 34.5. The summed E-state index contributed by atoms with van der Waals surface area (Å²) in [7, 11) is -2.64. The van der Waals surface area contributed by atoms with Gasteiger partial charge in [-0.3, -0.25) is 19.8 Å². The van der Waals surface area contributed by atoms with Crippen LogP contribution in [0.5, 0.6) is 5.88 Å². The maximum absolute atomic E-state index is 14.1. The molecule has 2 aliphatic rings. The zero-order valence-electron chi connectivity index (χ0n) is 25.2. The Balaban J connectivity index is 1.35. The molecule has 0 aliphatic carbocycles. The molecule has 1 spiro atoms. The van der Waals surface area contributed by atoms with Crippen molar-refractivity contribution < 1.29 is 32.6 Å². The summed E-state index contributed by atoms with van der Waals surface area (Å²) >= 11 is 1.20. The Morgan fingerprint density at radius 3 is 2.57 bits per heavy atom. The predicted octanol–water partition coefficient (Wildman–Crippen LogP) is 3.91. The molecule has 0 bridgehead atoms. The molecule has 1 atom stereocenters. The van der Waals surface area contributed by atoms with Gasteiger partial charge < -0.3 is 14.7 Å². The van der Waals surface area contributed by atoms with Gasteiger partial charge in [-0.05, 0) is 41.8 Å². The van der Waals surface area contributed by atoms with Crippen molar-refractivity contribution in [3.63, 3.8) is 0 Å². The highest BCUT2D eigenvalue weighted by Crippen LogP contribution is 2.47. The summed E-state index contributed by atoms with van der Waals surface area (Å²) in [5, 5.41) is 12.5. The Kier molecular flexibility index (Phi) is 8.39. The van der Waals surface area contributed by atoms with Crippen molar-refractivity contribution in [3.8, 4) is 5.88 Å². The monoisotopic (exact) mass is 664 g/mol. The number of amides is 3. The average Bonchev–Trinajstić information content (AvgIpc) is 3.74. The Hall–Kier alpha value is -4.60. The van der Waals surface area contributed by atoms with E-state index in [9.17, 15) is 27.9 Å². The van der Waals surface area contributed by atoms with Gasteiger partial charge in [0.15, 0.2) is 5.13 Å². The van der Waals surface area contributed by atoms with E-state index in [0.29, 0.717) is 57.7 Å². The summed E-state index contributed by atoms with van der Waals surface area (Å²) in [6, 6.07) is 16.6. The van der Waals surface area contributed by atoms with Crippen LogP contribution in [-0.2, 0) is 31.6 Å². The van der Waals surface area contributed by atoms with E-state index in [1.807, 2.05) is 6.07 Å². The van der Waals surface area contributed by atoms with Gasteiger partial charge in [0.1, 0.15) is 10.3 Å². The average molecular weight is 665 g/mol. The number of methoxy groups -OCH3 is 1. The maximum atomic E-state index is 14.1. The molecular formula is C31H32N6O7S2. The van der Waals surface area contributed by atoms with Crippen molar-refractivity contribution in [2.24, 2.45) is 0 Å². The number of carboxylic acid groups (broad SMARTS) is 1. The number of hydrogen-bond acceptors (Lipinski definition) is 9. The minimum absolute atomic E-state index is 0.00573. The molecule has 4 heterocycles. The number of thiazole rings is 1. The lowest BCUT2D eigenvalue weighted by Crippen LogP contribution is -2.41. The first-order valence-corrected chi connectivity index (χ1v) is 16.8. The third kappa shape index (κ3) is 6.00. The van der Waals surface area contributed by atoms with Crippen molar-refractivity contribution in [2.45, 2.75) is 36.6 Å². The number of likely N-dealkylation sites (tertiary alicyclic amines) is 1. The smallest absolute Gasteiger partial charge is 0.328 e. The second kappa shape index (κ2) is 12.3. The molecule has 15 heteroatoms. The number of nitrogens with zero attached hydrogens (tertiary/aromatic N) is 5. The van der Waals surface area contributed by atoms with Crippen LogP contribution < -0.4 is 15.0 Å². The summed E-state index contributed by atoms with van der Waals surface area (Å²) in [5.74, 6) is -0.789. The van der Waals surface area contributed by atoms with E-state index in [1.54, 1.807) is 58.3 Å². The Labute approximate surface area is 269 Å². The number of nitrogens with one attached hydrogen (secondary N) is 1. The number of anilines is 2. The molecular weight excluding hydrogens is 633 g/mol. The number of carbonyl (C=O) groups excluding carboxylic acids is 2. The molecule has 2 aliphatic heterocycles. The number of fused-ring (bicyclic) bond motifs is 3. The van der Waals surface area contributed by atoms with Gasteiger partial charge in [-0.25, -0.2) is 23.2 Å². The van der Waals surface area contributed by atoms with Crippen molar-refractivity contribution in [2.75, 3.05) is 43.5 Å². The van der Waals surface area contributed by atoms with E-state index in [-0.39, 0.29) is 36.9 Å². The minimum atomic E-state index is -4.15. The van der Waals surface area contributed by atoms with Crippen LogP contribution in [0, 0.1) is 0 Å². The van der Waals surface area contributed by atoms with Crippen molar-refractivity contribution >= 4 is 60.4 Å². The summed E-state index contributed by atoms with van der Waals surface area (Å²) in [6.07, 6.45) is 0.168. The van der Waals surface area contributed by atoms with E-state index in [0.717, 1.165) is 4.31 Å². The van der Waals surface area contributed by atoms with Gasteiger partial charge in [0.2, 0.25) is 21.8 Å². The lowest BCUT2D eigenvalue weighted by atomic mass is 9.81. The predicted molar refractivity (Wildman–Crippen MR) is 172 cm³/mol. The molecule has 3 amide bonds. The molecule has 1 unspecified atom stereocenters. The van der Waals surface area contributed by atoms with Gasteiger partial charge in [-0.1, -0.05) is 41.7 Å². The standard InChI is InChI=1S/C31H32N6O7S2/c1-20(38)35-15-13-31(18-35)19-37(30(41)34-29-32-24-9-11-26(44-2)33-28(24)45-29)25-10-8-22(16-23(25)31)46(42,43)36(14-12-27(39)40)17-21-6-4-3-5-7-21/h3-11,16H,12-15,17-19H2,1-2H3,(H,39,40)(H,32,34,41). The highest BCUT2D eigenvalue weighted by molar-refractivity contribution is 7.89. The van der Waals surface area contributed by atoms with Gasteiger partial charge in [-0.2, -0.15) is 4.31 Å². The minimum Gasteiger partial charge on any atom is -0.481 e. The summed E-state index contributed by atoms with van der Waals surface area (Å²) in [6.45, 7) is 2.27. The Morgan fingerprint density at radius 1 is 1.09 bits per heavy atom. The van der Waals surface area contributed by atoms with Gasteiger partial charge in [0.25, 0.3) is 0 Å². The first kappa shape index (κ1) is 31.4. The zero-order valence-corrected chi connectivity index (χ0v) is 26.8. The van der Waals surface area contributed by atoms with Gasteiger partial charge in [0.05, 0.1) is 18.4 Å². The Morgan fingerprint density at radius 2 is 1.87 bits per heavy atom. The van der Waals surface area contributed by atoms with E-state index in [1.165, 1.54) is 31.4 Å². The molecule has 2 aromatic carbocycles. The normalized spacial score (nSPS) is 17.5. The van der Waals surface area contributed by atoms with Crippen LogP contribution in [0.1, 0.15) is 30.9 Å². The highest BCUT2D eigenvalue weighted by atomic mass is 32.2. The highest BCUT2D eigenvalue weighted by Gasteiger charge is 2.50. The van der Waals surface area contributed by atoms with Crippen molar-refractivity contribution in [3.05, 3.63) is 71.8 Å². The molecule has 240 valence electrons. The zero-order chi connectivity index (χ0) is 32.6. The quantitative estimate of drug-likeness (QED) is 0.270. The number of ether oxygens (including phenoxy) is 1. The van der Waals surface area contributed by atoms with Crippen LogP contribution in [0.15, 0.2) is 65.6 Å². The van der Waals surface area contributed by atoms with Gasteiger partial charge >= 0.3 is 12.0 Å². The molecule has 2 aromatic heterocycles. The first-order valence-electron chi connectivity index (χ1n) is 14.6. The van der Waals surface area contributed by atoms with Crippen LogP contribution in [-0.4, -0.2) is 83.9 Å². The molecule has 0 radical (unpaired) electrons. The number of pyridine rings is 1. The number of aliphatic carboxylic acids is 1. The maximum Gasteiger partial charge on any atom is 0.328 e. The molecule has 13 nitrogen and oxygen atoms in total. The van der Waals surface area contributed by atoms with Crippen LogP contribution in [0.25, 0.3) is 10.3 Å². The lowest BCUT2D eigenvalue weighted by Gasteiger charge is -2.26. The Bertz CT molecular complexity index is 1930. The van der Waals surface area contributed by atoms with E-state index in [4.69, 9.17) is 4.74 Å². The fourth-order valence-corrected chi connectivity index (χ4v) is 8.32. The third-order valence-electron chi connectivity index (χ3n) is 8.40. The molecule has 2 N–H and O–H groups in total. The van der Waals surface area contributed by atoms with E-state index < -0.39 is 27.4 Å². The lowest BCUT2D eigenvalue weighted by molar-refractivity contribution is -0.137. The van der Waals surface area contributed by atoms with E-state index in [2.05, 4.69) is 15.3 Å². The molecule has 4 aromatic rings. The third-order valence-corrected chi connectivity index (χ3v) is 11.1. The largest absolute Gasteiger partial charge is 0.481 e. The number of carboxylic acids is 1. The molecule has 46 heavy (non-hydrogen) atoms. The second-order valence-corrected chi connectivity index (χ2v) is 14.2. The SMILES string of the molecule is COc1ccc2nc(NC(=O)N3CC4(CCN(C(C)=O)C4)c4cc(S(=O)(=O)N(CCC(=O)O)Cc5ccccc5)ccc43)sc2n1. The van der Waals surface area contributed by atoms with Crippen LogP contribution >= 0.6 is 11.3 Å². The molecule has 0 saturated carbocycles. The second-order valence-electron chi connectivity index (χ2n) is 11.3. The van der Waals surface area contributed by atoms with Crippen LogP contribution in [0.3, 0.4) is 0 Å². The molecule has 1 fully saturated rings.